The Kier molecular flexibility index (Phi) is 11.7. The Labute approximate surface area is 472 Å². The maximum absolute atomic E-state index is 7.99. The van der Waals surface area contributed by atoms with Gasteiger partial charge in [-0.15, -0.1) is 0 Å². The second-order valence-corrected chi connectivity index (χ2v) is 23.8. The molecule has 9 aromatic carbocycles. The monoisotopic (exact) mass is 1040 g/mol. The van der Waals surface area contributed by atoms with Gasteiger partial charge < -0.3 is 18.6 Å². The fourth-order valence-corrected chi connectivity index (χ4v) is 15.8. The van der Waals surface area contributed by atoms with Crippen molar-refractivity contribution in [2.75, 3.05) is 0 Å². The standard InChI is InChI=1S/C74H70B2N2O2/c1-9-43(10-2)49-29-33-63-55(35-49)57-37-53(45(13-5)14-6)39-61-69(57)77(63)71-67-74(80-65-41-51(27-31-59(65)75(61)67)47-23-19-17-20-24-47)72-68-73(71)79-66-42-52(48-25-21-18-22-26-48)28-32-60(66)76(68)62-40-54(46(15-7)16-8)38-58-56-36-50(44(11-3)12-4)30-34-64(56)78(72)70(58)62/h17-46H,9-16H2,1-8H3. The van der Waals surface area contributed by atoms with Crippen molar-refractivity contribution >= 4 is 89.8 Å². The molecule has 11 aromatic rings. The molecule has 6 heterocycles. The molecule has 0 saturated carbocycles. The molecule has 80 heavy (non-hydrogen) atoms. The number of fused-ring (bicyclic) bond motifs is 16. The summed E-state index contributed by atoms with van der Waals surface area (Å²) in [4.78, 5) is 0. The zero-order chi connectivity index (χ0) is 54.2. The first kappa shape index (κ1) is 49.4. The van der Waals surface area contributed by atoms with E-state index in [-0.39, 0.29) is 13.4 Å². The molecule has 0 radical (unpaired) electrons. The van der Waals surface area contributed by atoms with Crippen molar-refractivity contribution < 1.29 is 9.47 Å². The van der Waals surface area contributed by atoms with E-state index in [2.05, 4.69) is 222 Å². The molecule has 2 aromatic heterocycles. The van der Waals surface area contributed by atoms with Crippen LogP contribution in [0, 0.1) is 0 Å². The summed E-state index contributed by atoms with van der Waals surface area (Å²) in [7, 11) is 0. The molecule has 0 spiro atoms. The average Bonchev–Trinajstić information content (AvgIpc) is 1.91. The molecule has 0 aliphatic carbocycles. The van der Waals surface area contributed by atoms with Crippen LogP contribution in [0.1, 0.15) is 153 Å². The van der Waals surface area contributed by atoms with E-state index in [9.17, 15) is 0 Å². The Hall–Kier alpha value is -7.69. The molecule has 0 atom stereocenters. The molecule has 4 nitrogen and oxygen atoms in total. The summed E-state index contributed by atoms with van der Waals surface area (Å²) in [5, 5.41) is 5.32. The minimum Gasteiger partial charge on any atom is -0.456 e. The summed E-state index contributed by atoms with van der Waals surface area (Å²) < 4.78 is 21.3. The summed E-state index contributed by atoms with van der Waals surface area (Å²) in [6, 6.07) is 61.1. The highest BCUT2D eigenvalue weighted by atomic mass is 16.5. The molecule has 0 saturated heterocycles. The first-order valence-electron chi connectivity index (χ1n) is 30.6. The third-order valence-corrected chi connectivity index (χ3v) is 20.1. The van der Waals surface area contributed by atoms with Crippen LogP contribution in [0.2, 0.25) is 0 Å². The summed E-state index contributed by atoms with van der Waals surface area (Å²) in [6.07, 6.45) is 8.75. The zero-order valence-electron chi connectivity index (χ0n) is 47.8. The SMILES string of the molecule is CCC(CC)c1ccc2c(c1)c1cc(C(CC)CC)cc3c1n2-c1c2c4c(c5c1B3c1ccc(-c3ccccc3)cc1O5)-n1c3ccc(C(CC)CC)cc3c3cc(C(CC)CC)cc(c31)B4c1ccc(-c3ccccc3)cc1O2. The molecule has 0 bridgehead atoms. The van der Waals surface area contributed by atoms with Crippen molar-refractivity contribution in [3.63, 3.8) is 0 Å². The van der Waals surface area contributed by atoms with Gasteiger partial charge in [-0.05, 0) is 190 Å². The van der Waals surface area contributed by atoms with Gasteiger partial charge in [-0.2, -0.15) is 0 Å². The number of benzene rings is 9. The molecule has 0 N–H and O–H groups in total. The maximum atomic E-state index is 7.99. The number of hydrogen-bond donors (Lipinski definition) is 0. The Bertz CT molecular complexity index is 4040. The zero-order valence-corrected chi connectivity index (χ0v) is 47.8. The van der Waals surface area contributed by atoms with E-state index >= 15 is 0 Å². The molecule has 15 rings (SSSR count). The highest BCUT2D eigenvalue weighted by molar-refractivity contribution is 7.02. The predicted octanol–water partition coefficient (Wildman–Crippen LogP) is 16.7. The van der Waals surface area contributed by atoms with Crippen LogP contribution < -0.4 is 42.3 Å². The van der Waals surface area contributed by atoms with Crippen LogP contribution in [0.4, 0.5) is 0 Å². The molecule has 0 unspecified atom stereocenters. The summed E-state index contributed by atoms with van der Waals surface area (Å²) in [6.45, 7) is 18.6. The molecular weight excluding hydrogens is 970 g/mol. The molecule has 6 heteroatoms. The van der Waals surface area contributed by atoms with Gasteiger partial charge in [0.05, 0.1) is 22.4 Å². The average molecular weight is 1040 g/mol. The molecule has 4 aliphatic heterocycles. The van der Waals surface area contributed by atoms with Crippen LogP contribution in [0.15, 0.2) is 158 Å². The van der Waals surface area contributed by atoms with Gasteiger partial charge >= 0.3 is 0 Å². The lowest BCUT2D eigenvalue weighted by atomic mass is 9.31. The lowest BCUT2D eigenvalue weighted by Gasteiger charge is -2.41. The molecule has 4 aliphatic rings. The number of nitrogens with zero attached hydrogens (tertiary/aromatic N) is 2. The van der Waals surface area contributed by atoms with Crippen LogP contribution in [0.3, 0.4) is 0 Å². The molecular formula is C74H70B2N2O2. The molecule has 394 valence electrons. The smallest absolute Gasteiger partial charge is 0.256 e. The summed E-state index contributed by atoms with van der Waals surface area (Å²) in [5.41, 5.74) is 25.1. The number of rotatable bonds is 14. The molecule has 0 amide bonds. The van der Waals surface area contributed by atoms with Gasteiger partial charge in [0.25, 0.3) is 13.4 Å². The Morgan fingerprint density at radius 2 is 0.700 bits per heavy atom. The van der Waals surface area contributed by atoms with E-state index in [0.717, 1.165) is 96.9 Å². The van der Waals surface area contributed by atoms with E-state index in [1.165, 1.54) is 110 Å². The second-order valence-electron chi connectivity index (χ2n) is 23.8. The minimum absolute atomic E-state index is 0.140. The fraction of sp³-hybridized carbons (Fsp3) is 0.270. The van der Waals surface area contributed by atoms with Gasteiger partial charge in [-0.3, -0.25) is 0 Å². The lowest BCUT2D eigenvalue weighted by molar-refractivity contribution is 0.472. The van der Waals surface area contributed by atoms with Crippen molar-refractivity contribution in [2.45, 2.75) is 130 Å². The van der Waals surface area contributed by atoms with Gasteiger partial charge in [-0.25, -0.2) is 0 Å². The van der Waals surface area contributed by atoms with Crippen molar-refractivity contribution in [2.24, 2.45) is 0 Å². The van der Waals surface area contributed by atoms with E-state index in [4.69, 9.17) is 9.47 Å². The highest BCUT2D eigenvalue weighted by Crippen LogP contribution is 2.50. The number of aromatic nitrogens is 2. The largest absolute Gasteiger partial charge is 0.456 e. The second kappa shape index (κ2) is 19.0. The van der Waals surface area contributed by atoms with Crippen LogP contribution >= 0.6 is 0 Å². The van der Waals surface area contributed by atoms with E-state index in [1.54, 1.807) is 0 Å². The Morgan fingerprint density at radius 3 is 1.07 bits per heavy atom. The first-order chi connectivity index (χ1) is 39.3. The van der Waals surface area contributed by atoms with Crippen molar-refractivity contribution in [1.82, 2.24) is 9.13 Å². The van der Waals surface area contributed by atoms with E-state index < -0.39 is 0 Å². The van der Waals surface area contributed by atoms with Gasteiger partial charge in [0.2, 0.25) is 0 Å². The summed E-state index contributed by atoms with van der Waals surface area (Å²) in [5.74, 6) is 5.54. The van der Waals surface area contributed by atoms with Crippen LogP contribution in [0.25, 0.3) is 77.2 Å². The number of hydrogen-bond acceptors (Lipinski definition) is 2. The quantitative estimate of drug-likeness (QED) is 0.102. The fourth-order valence-electron chi connectivity index (χ4n) is 15.8. The van der Waals surface area contributed by atoms with Gasteiger partial charge in [0, 0.05) is 43.5 Å². The third kappa shape index (κ3) is 6.96. The van der Waals surface area contributed by atoms with Gasteiger partial charge in [0.1, 0.15) is 23.0 Å². The maximum Gasteiger partial charge on any atom is 0.256 e. The van der Waals surface area contributed by atoms with Crippen LogP contribution in [-0.4, -0.2) is 22.6 Å². The van der Waals surface area contributed by atoms with Crippen molar-refractivity contribution in [1.29, 1.82) is 0 Å². The highest BCUT2D eigenvalue weighted by Gasteiger charge is 2.51. The predicted molar refractivity (Wildman–Crippen MR) is 342 cm³/mol. The normalized spacial score (nSPS) is 13.5. The summed E-state index contributed by atoms with van der Waals surface area (Å²) >= 11 is 0. The van der Waals surface area contributed by atoms with Crippen LogP contribution in [0.5, 0.6) is 23.0 Å². The Balaban J connectivity index is 1.15. The van der Waals surface area contributed by atoms with E-state index in [1.807, 2.05) is 0 Å². The van der Waals surface area contributed by atoms with Crippen LogP contribution in [-0.2, 0) is 0 Å². The van der Waals surface area contributed by atoms with Crippen molar-refractivity contribution in [3.05, 3.63) is 180 Å². The number of ether oxygens (including phenoxy) is 2. The lowest BCUT2D eigenvalue weighted by Crippen LogP contribution is -2.63. The Morgan fingerprint density at radius 1 is 0.338 bits per heavy atom. The third-order valence-electron chi connectivity index (χ3n) is 20.1. The first-order valence-corrected chi connectivity index (χ1v) is 30.6. The topological polar surface area (TPSA) is 28.3 Å². The molecule has 0 fully saturated rings. The van der Waals surface area contributed by atoms with E-state index in [0.29, 0.717) is 23.7 Å². The van der Waals surface area contributed by atoms with Gasteiger partial charge in [-0.1, -0.05) is 165 Å². The minimum atomic E-state index is -0.140. The van der Waals surface area contributed by atoms with Gasteiger partial charge in [0.15, 0.2) is 0 Å². The van der Waals surface area contributed by atoms with Crippen molar-refractivity contribution in [3.8, 4) is 56.6 Å².